The highest BCUT2D eigenvalue weighted by molar-refractivity contribution is 8.94. The average molecular weight is 437 g/mol. The Kier molecular flexibility index (Phi) is 13.0. The van der Waals surface area contributed by atoms with Gasteiger partial charge in [-0.2, -0.15) is 16.0 Å². The first-order valence-corrected chi connectivity index (χ1v) is 18.2. The van der Waals surface area contributed by atoms with E-state index < -0.39 is 16.0 Å². The SMILES string of the molecule is CCCCS(=N)(CCCC)(CCCC)S(=N)(CCCC)(CCCC)CCCC. The Bertz CT molecular complexity index is 426. The van der Waals surface area contributed by atoms with Gasteiger partial charge in [-0.1, -0.05) is 80.1 Å². The molecule has 0 aromatic rings. The van der Waals surface area contributed by atoms with Crippen molar-refractivity contribution in [3.05, 3.63) is 0 Å². The molecule has 0 rings (SSSR count). The zero-order valence-corrected chi connectivity index (χ0v) is 22.2. The van der Waals surface area contributed by atoms with Crippen molar-refractivity contribution in [3.8, 4) is 0 Å². The Balaban J connectivity index is 6.80. The van der Waals surface area contributed by atoms with Gasteiger partial charge in [0.15, 0.2) is 0 Å². The zero-order valence-electron chi connectivity index (χ0n) is 20.5. The van der Waals surface area contributed by atoms with Crippen LogP contribution < -0.4 is 0 Å². The molecule has 0 spiro atoms. The lowest BCUT2D eigenvalue weighted by Crippen LogP contribution is -2.66. The second-order valence-corrected chi connectivity index (χ2v) is 22.9. The molecule has 174 valence electrons. The summed E-state index contributed by atoms with van der Waals surface area (Å²) in [6.45, 7) is 13.7. The summed E-state index contributed by atoms with van der Waals surface area (Å²) in [6.07, 6.45) is 14.1. The summed E-state index contributed by atoms with van der Waals surface area (Å²) in [6, 6.07) is 0. The lowest BCUT2D eigenvalue weighted by molar-refractivity contribution is 0.826. The summed E-state index contributed by atoms with van der Waals surface area (Å²) in [7, 11) is -5.06. The summed E-state index contributed by atoms with van der Waals surface area (Å²) < 4.78 is 21.2. The van der Waals surface area contributed by atoms with Crippen LogP contribution in [-0.2, 0) is 16.0 Å². The standard InChI is InChI=1S/C24H56N2S2/c1-7-13-19-27(25,20-14-8-2,21-15-9-3)28(26,22-16-10-4,23-17-11-5)24-18-12-6/h25-26H,7-24H2,1-6H3. The highest BCUT2D eigenvalue weighted by atomic mass is 33.2. The van der Waals surface area contributed by atoms with Gasteiger partial charge in [-0.3, -0.25) is 9.56 Å². The molecule has 0 aromatic carbocycles. The fourth-order valence-corrected chi connectivity index (χ4v) is 24.4. The highest BCUT2D eigenvalue weighted by Crippen LogP contribution is 2.56. The van der Waals surface area contributed by atoms with Crippen LogP contribution >= 0.6 is 0 Å². The summed E-state index contributed by atoms with van der Waals surface area (Å²) in [5.74, 6) is 6.48. The third-order valence-corrected chi connectivity index (χ3v) is 26.6. The second kappa shape index (κ2) is 12.9. The average Bonchev–Trinajstić information content (AvgIpc) is 2.71. The third-order valence-electron chi connectivity index (χ3n) is 6.98. The maximum atomic E-state index is 10.6. The highest BCUT2D eigenvalue weighted by Gasteiger charge is 2.52. The molecular weight excluding hydrogens is 380 g/mol. The van der Waals surface area contributed by atoms with Crippen LogP contribution in [0.5, 0.6) is 0 Å². The van der Waals surface area contributed by atoms with Crippen LogP contribution in [0.25, 0.3) is 0 Å². The van der Waals surface area contributed by atoms with E-state index in [4.69, 9.17) is 0 Å². The molecule has 0 unspecified atom stereocenters. The van der Waals surface area contributed by atoms with E-state index in [0.717, 1.165) is 34.5 Å². The van der Waals surface area contributed by atoms with Gasteiger partial charge in [0.25, 0.3) is 0 Å². The largest absolute Gasteiger partial charge is 0.290 e. The van der Waals surface area contributed by atoms with Crippen molar-refractivity contribution in [1.29, 1.82) is 9.56 Å². The lowest BCUT2D eigenvalue weighted by Gasteiger charge is -2.70. The minimum Gasteiger partial charge on any atom is -0.290 e. The van der Waals surface area contributed by atoms with E-state index in [2.05, 4.69) is 41.5 Å². The molecule has 0 amide bonds. The van der Waals surface area contributed by atoms with Crippen LogP contribution in [-0.4, -0.2) is 34.5 Å². The topological polar surface area (TPSA) is 47.7 Å². The number of hydrogen-bond donors (Lipinski definition) is 2. The molecule has 0 bridgehead atoms. The predicted octanol–water partition coefficient (Wildman–Crippen LogP) is 8.61. The maximum Gasteiger partial charge on any atom is -0.00520 e. The Morgan fingerprint density at radius 1 is 0.357 bits per heavy atom. The van der Waals surface area contributed by atoms with Crippen molar-refractivity contribution in [1.82, 2.24) is 0 Å². The van der Waals surface area contributed by atoms with Gasteiger partial charge in [-0.05, 0) is 73.0 Å². The molecule has 0 fully saturated rings. The minimum atomic E-state index is -2.53. The second-order valence-electron chi connectivity index (χ2n) is 9.31. The zero-order chi connectivity index (χ0) is 21.6. The van der Waals surface area contributed by atoms with E-state index in [1.165, 1.54) is 77.0 Å². The van der Waals surface area contributed by atoms with Gasteiger partial charge in [-0.25, -0.2) is 0 Å². The molecule has 0 aliphatic rings. The van der Waals surface area contributed by atoms with Crippen LogP contribution in [0.3, 0.4) is 0 Å². The monoisotopic (exact) mass is 436 g/mol. The first-order chi connectivity index (χ1) is 13.2. The predicted molar refractivity (Wildman–Crippen MR) is 139 cm³/mol. The Morgan fingerprint density at radius 3 is 0.607 bits per heavy atom. The number of hydrogen-bond acceptors (Lipinski definition) is 2. The molecule has 0 saturated carbocycles. The van der Waals surface area contributed by atoms with Crippen LogP contribution in [0.4, 0.5) is 0 Å². The van der Waals surface area contributed by atoms with Crippen molar-refractivity contribution in [3.63, 3.8) is 0 Å². The van der Waals surface area contributed by atoms with Crippen molar-refractivity contribution in [2.45, 2.75) is 119 Å². The smallest absolute Gasteiger partial charge is 0.00520 e. The fraction of sp³-hybridized carbons (Fsp3) is 1.00. The summed E-state index contributed by atoms with van der Waals surface area (Å²) in [4.78, 5) is 0. The molecule has 0 atom stereocenters. The molecule has 4 heteroatoms. The normalized spacial score (nSPS) is 15.6. The van der Waals surface area contributed by atoms with Gasteiger partial charge < -0.3 is 0 Å². The third kappa shape index (κ3) is 6.15. The fourth-order valence-electron chi connectivity index (χ4n) is 4.80. The number of nitrogens with one attached hydrogen (secondary N) is 2. The Morgan fingerprint density at radius 2 is 0.500 bits per heavy atom. The summed E-state index contributed by atoms with van der Waals surface area (Å²) >= 11 is 0. The van der Waals surface area contributed by atoms with Crippen molar-refractivity contribution in [2.75, 3.05) is 34.5 Å². The van der Waals surface area contributed by atoms with Crippen LogP contribution in [0.1, 0.15) is 119 Å². The molecule has 0 aliphatic carbocycles. The van der Waals surface area contributed by atoms with Crippen LogP contribution in [0.2, 0.25) is 0 Å². The summed E-state index contributed by atoms with van der Waals surface area (Å²) in [5.41, 5.74) is 0. The molecule has 0 aromatic heterocycles. The first-order valence-electron chi connectivity index (χ1n) is 12.5. The molecule has 2 nitrogen and oxygen atoms in total. The number of unbranched alkanes of at least 4 members (excludes halogenated alkanes) is 6. The van der Waals surface area contributed by atoms with Gasteiger partial charge in [0, 0.05) is 0 Å². The van der Waals surface area contributed by atoms with Gasteiger partial charge in [0.05, 0.1) is 0 Å². The minimum absolute atomic E-state index is 1.08. The quantitative estimate of drug-likeness (QED) is 0.190. The molecule has 2 N–H and O–H groups in total. The van der Waals surface area contributed by atoms with Crippen molar-refractivity contribution < 1.29 is 0 Å². The van der Waals surface area contributed by atoms with Crippen molar-refractivity contribution in [2.24, 2.45) is 0 Å². The Hall–Kier alpha value is 0.300. The van der Waals surface area contributed by atoms with E-state index in [9.17, 15) is 9.56 Å². The van der Waals surface area contributed by atoms with Gasteiger partial charge in [0.2, 0.25) is 0 Å². The molecule has 0 radical (unpaired) electrons. The molecule has 28 heavy (non-hydrogen) atoms. The molecular formula is C24H56N2S2. The van der Waals surface area contributed by atoms with E-state index in [0.29, 0.717) is 0 Å². The van der Waals surface area contributed by atoms with E-state index in [1.54, 1.807) is 0 Å². The van der Waals surface area contributed by atoms with Gasteiger partial charge in [-0.15, -0.1) is 0 Å². The van der Waals surface area contributed by atoms with Gasteiger partial charge in [0.1, 0.15) is 0 Å². The van der Waals surface area contributed by atoms with Crippen LogP contribution in [0, 0.1) is 9.56 Å². The first kappa shape index (κ1) is 28.3. The van der Waals surface area contributed by atoms with Gasteiger partial charge >= 0.3 is 0 Å². The van der Waals surface area contributed by atoms with Crippen LogP contribution in [0.15, 0.2) is 0 Å². The maximum absolute atomic E-state index is 10.6. The summed E-state index contributed by atoms with van der Waals surface area (Å²) in [5, 5.41) is 0. The molecule has 0 saturated heterocycles. The number of rotatable bonds is 19. The Labute approximate surface area is 178 Å². The van der Waals surface area contributed by atoms with E-state index >= 15 is 0 Å². The van der Waals surface area contributed by atoms with E-state index in [1.807, 2.05) is 0 Å². The molecule has 0 heterocycles. The lowest BCUT2D eigenvalue weighted by atomic mass is 10.4. The van der Waals surface area contributed by atoms with E-state index in [-0.39, 0.29) is 0 Å². The molecule has 0 aliphatic heterocycles. The van der Waals surface area contributed by atoms with Crippen molar-refractivity contribution >= 4 is 16.0 Å².